The molecule has 1 aromatic heterocycles. The van der Waals surface area contributed by atoms with Crippen molar-refractivity contribution in [3.63, 3.8) is 0 Å². The molecule has 0 bridgehead atoms. The fourth-order valence-electron chi connectivity index (χ4n) is 2.57. The molecule has 7 nitrogen and oxygen atoms in total. The van der Waals surface area contributed by atoms with Crippen LogP contribution in [0.4, 0.5) is 9.93 Å². The number of aromatic nitrogens is 2. The molecule has 1 fully saturated rings. The normalized spacial score (nSPS) is 17.5. The van der Waals surface area contributed by atoms with Crippen molar-refractivity contribution in [3.05, 3.63) is 17.7 Å². The number of alkyl halides is 1. The highest BCUT2D eigenvalue weighted by Crippen LogP contribution is 2.27. The van der Waals surface area contributed by atoms with Gasteiger partial charge in [-0.2, -0.15) is 0 Å². The maximum Gasteiger partial charge on any atom is 0.327 e. The Balaban J connectivity index is 2.06. The summed E-state index contributed by atoms with van der Waals surface area (Å²) < 4.78 is 5.37. The molecule has 1 saturated heterocycles. The van der Waals surface area contributed by atoms with E-state index in [0.717, 1.165) is 24.3 Å². The maximum absolute atomic E-state index is 12.8. The second-order valence-corrected chi connectivity index (χ2v) is 7.03. The number of nitrogens with zero attached hydrogens (tertiary/aromatic N) is 4. The van der Waals surface area contributed by atoms with Crippen molar-refractivity contribution in [2.75, 3.05) is 43.6 Å². The summed E-state index contributed by atoms with van der Waals surface area (Å²) in [6, 6.07) is -0.0505. The summed E-state index contributed by atoms with van der Waals surface area (Å²) in [5.41, 5.74) is 0. The van der Waals surface area contributed by atoms with Gasteiger partial charge in [-0.05, 0) is 19.8 Å². The molecule has 1 atom stereocenters. The highest BCUT2D eigenvalue weighted by molar-refractivity contribution is 7.15. The minimum absolute atomic E-state index is 0.0505. The number of hydrogen-bond donors (Lipinski definition) is 1. The average Bonchev–Trinajstić information content (AvgIpc) is 3.19. The number of halogens is 1. The smallest absolute Gasteiger partial charge is 0.327 e. The predicted molar refractivity (Wildman–Crippen MR) is 101 cm³/mol. The number of amides is 2. The number of rotatable bonds is 12. The van der Waals surface area contributed by atoms with Crippen LogP contribution in [-0.4, -0.2) is 66.0 Å². The molecule has 9 heteroatoms. The van der Waals surface area contributed by atoms with Crippen LogP contribution in [0.1, 0.15) is 24.8 Å². The van der Waals surface area contributed by atoms with E-state index in [0.29, 0.717) is 43.9 Å². The van der Waals surface area contributed by atoms with Gasteiger partial charge in [-0.3, -0.25) is 10.2 Å². The monoisotopic (exact) mass is 387 g/mol. The van der Waals surface area contributed by atoms with E-state index in [4.69, 9.17) is 16.3 Å². The van der Waals surface area contributed by atoms with Gasteiger partial charge in [-0.15, -0.1) is 28.4 Å². The van der Waals surface area contributed by atoms with E-state index in [1.807, 2.05) is 17.9 Å². The lowest BCUT2D eigenvalue weighted by Crippen LogP contribution is -2.45. The molecular weight excluding hydrogens is 362 g/mol. The number of carbonyl (C=O) groups excluding carboxylic acids is 1. The molecule has 0 spiro atoms. The second-order valence-electron chi connectivity index (χ2n) is 5.61. The van der Waals surface area contributed by atoms with Gasteiger partial charge in [0.05, 0.1) is 13.2 Å². The second kappa shape index (κ2) is 10.7. The number of nitrogens with one attached hydrogen (secondary N) is 1. The van der Waals surface area contributed by atoms with Crippen LogP contribution >= 0.6 is 22.9 Å². The average molecular weight is 388 g/mol. The molecule has 1 unspecified atom stereocenters. The molecule has 0 saturated carbocycles. The number of ether oxygens (including phenoxy) is 1. The molecule has 1 aromatic rings. The first-order chi connectivity index (χ1) is 12.2. The Morgan fingerprint density at radius 1 is 1.52 bits per heavy atom. The summed E-state index contributed by atoms with van der Waals surface area (Å²) in [5.74, 6) is 0.538. The number of aryl methyl sites for hydroxylation is 1. The van der Waals surface area contributed by atoms with Crippen molar-refractivity contribution >= 4 is 34.1 Å². The summed E-state index contributed by atoms with van der Waals surface area (Å²) in [6.45, 7) is 8.90. The number of urea groups is 1. The summed E-state index contributed by atoms with van der Waals surface area (Å²) in [4.78, 5) is 16.3. The lowest BCUT2D eigenvalue weighted by Gasteiger charge is -2.20. The minimum atomic E-state index is -0.136. The summed E-state index contributed by atoms with van der Waals surface area (Å²) >= 11 is 7.23. The van der Waals surface area contributed by atoms with Gasteiger partial charge in [0.15, 0.2) is 0 Å². The SMILES string of the molecule is C=CCCc1nnc(N2C(=O)N(CCCCl)CC2NCCOCC)s1. The van der Waals surface area contributed by atoms with Crippen LogP contribution in [0.5, 0.6) is 0 Å². The van der Waals surface area contributed by atoms with E-state index >= 15 is 0 Å². The number of carbonyl (C=O) groups is 1. The van der Waals surface area contributed by atoms with Crippen LogP contribution in [0.3, 0.4) is 0 Å². The predicted octanol–water partition coefficient (Wildman–Crippen LogP) is 2.48. The van der Waals surface area contributed by atoms with Crippen LogP contribution in [0.15, 0.2) is 12.7 Å². The van der Waals surface area contributed by atoms with Crippen LogP contribution in [0.2, 0.25) is 0 Å². The Morgan fingerprint density at radius 3 is 3.08 bits per heavy atom. The van der Waals surface area contributed by atoms with Gasteiger partial charge < -0.3 is 9.64 Å². The van der Waals surface area contributed by atoms with Crippen LogP contribution in [0, 0.1) is 0 Å². The Hall–Kier alpha value is -1.22. The first kappa shape index (κ1) is 20.1. The Morgan fingerprint density at radius 2 is 2.36 bits per heavy atom. The van der Waals surface area contributed by atoms with Crippen molar-refractivity contribution < 1.29 is 9.53 Å². The lowest BCUT2D eigenvalue weighted by atomic mass is 10.3. The summed E-state index contributed by atoms with van der Waals surface area (Å²) in [7, 11) is 0. The molecule has 0 radical (unpaired) electrons. The first-order valence-corrected chi connectivity index (χ1v) is 9.94. The maximum atomic E-state index is 12.8. The third kappa shape index (κ3) is 5.64. The van der Waals surface area contributed by atoms with Crippen LogP contribution in [0.25, 0.3) is 0 Å². The quantitative estimate of drug-likeness (QED) is 0.339. The zero-order chi connectivity index (χ0) is 18.1. The van der Waals surface area contributed by atoms with E-state index in [1.165, 1.54) is 11.3 Å². The van der Waals surface area contributed by atoms with Crippen molar-refractivity contribution in [2.24, 2.45) is 0 Å². The van der Waals surface area contributed by atoms with Gasteiger partial charge in [0, 0.05) is 32.0 Å². The zero-order valence-electron chi connectivity index (χ0n) is 14.6. The molecule has 0 aromatic carbocycles. The Labute approximate surface area is 158 Å². The summed E-state index contributed by atoms with van der Waals surface area (Å²) in [5, 5.41) is 13.4. The fourth-order valence-corrected chi connectivity index (χ4v) is 3.59. The van der Waals surface area contributed by atoms with Crippen LogP contribution in [-0.2, 0) is 11.2 Å². The van der Waals surface area contributed by atoms with E-state index in [1.54, 1.807) is 4.90 Å². The number of hydrogen-bond acceptors (Lipinski definition) is 6. The Kier molecular flexibility index (Phi) is 8.60. The molecule has 1 aliphatic rings. The molecule has 140 valence electrons. The molecule has 2 amide bonds. The van der Waals surface area contributed by atoms with Crippen molar-refractivity contribution in [1.29, 1.82) is 0 Å². The van der Waals surface area contributed by atoms with E-state index < -0.39 is 0 Å². The van der Waals surface area contributed by atoms with Gasteiger partial charge in [0.1, 0.15) is 11.2 Å². The van der Waals surface area contributed by atoms with Crippen molar-refractivity contribution in [1.82, 2.24) is 20.4 Å². The van der Waals surface area contributed by atoms with Crippen molar-refractivity contribution in [2.45, 2.75) is 32.4 Å². The molecule has 2 heterocycles. The fraction of sp³-hybridized carbons (Fsp3) is 0.688. The minimum Gasteiger partial charge on any atom is -0.380 e. The third-order valence-electron chi connectivity index (χ3n) is 3.80. The largest absolute Gasteiger partial charge is 0.380 e. The first-order valence-electron chi connectivity index (χ1n) is 8.59. The standard InChI is InChI=1S/C16H26ClN5O2S/c1-3-5-7-14-19-20-15(25-14)22-13(18-9-11-24-4-2)12-21(16(22)23)10-6-8-17/h3,13,18H,1,4-12H2,2H3. The Bertz CT molecular complexity index is 556. The van der Waals surface area contributed by atoms with Gasteiger partial charge in [-0.1, -0.05) is 17.4 Å². The van der Waals surface area contributed by atoms with E-state index in [9.17, 15) is 4.79 Å². The molecule has 25 heavy (non-hydrogen) atoms. The van der Waals surface area contributed by atoms with E-state index in [-0.39, 0.29) is 12.2 Å². The zero-order valence-corrected chi connectivity index (χ0v) is 16.2. The molecule has 0 aliphatic carbocycles. The van der Waals surface area contributed by atoms with Gasteiger partial charge >= 0.3 is 6.03 Å². The molecule has 2 rings (SSSR count). The van der Waals surface area contributed by atoms with Crippen molar-refractivity contribution in [3.8, 4) is 0 Å². The summed E-state index contributed by atoms with van der Waals surface area (Å²) in [6.07, 6.45) is 4.13. The van der Waals surface area contributed by atoms with Gasteiger partial charge in [0.2, 0.25) is 5.13 Å². The number of anilines is 1. The molecule has 1 N–H and O–H groups in total. The molecular formula is C16H26ClN5O2S. The molecule has 1 aliphatic heterocycles. The van der Waals surface area contributed by atoms with Gasteiger partial charge in [-0.25, -0.2) is 4.79 Å². The third-order valence-corrected chi connectivity index (χ3v) is 5.05. The highest BCUT2D eigenvalue weighted by atomic mass is 35.5. The number of allylic oxidation sites excluding steroid dienone is 1. The van der Waals surface area contributed by atoms with Crippen LogP contribution < -0.4 is 10.2 Å². The highest BCUT2D eigenvalue weighted by Gasteiger charge is 2.39. The topological polar surface area (TPSA) is 70.6 Å². The van der Waals surface area contributed by atoms with E-state index in [2.05, 4.69) is 22.1 Å². The lowest BCUT2D eigenvalue weighted by molar-refractivity contribution is 0.147. The van der Waals surface area contributed by atoms with Gasteiger partial charge in [0.25, 0.3) is 0 Å².